The Morgan fingerprint density at radius 1 is 1.20 bits per heavy atom. The van der Waals surface area contributed by atoms with E-state index in [4.69, 9.17) is 16.7 Å². The second-order valence-electron chi connectivity index (χ2n) is 4.03. The summed E-state index contributed by atoms with van der Waals surface area (Å²) in [6.45, 7) is -0.314. The molecule has 0 aliphatic carbocycles. The van der Waals surface area contributed by atoms with Crippen molar-refractivity contribution in [1.82, 2.24) is 0 Å². The van der Waals surface area contributed by atoms with Gasteiger partial charge >= 0.3 is 0 Å². The molecule has 0 unspecified atom stereocenters. The maximum Gasteiger partial charge on any atom is 0.261 e. The van der Waals surface area contributed by atoms with Crippen molar-refractivity contribution in [2.24, 2.45) is 0 Å². The molecule has 2 aromatic carbocycles. The number of aliphatic hydroxyl groups is 1. The zero-order valence-electron chi connectivity index (χ0n) is 10.2. The van der Waals surface area contributed by atoms with Crippen LogP contribution in [-0.2, 0) is 16.6 Å². The predicted molar refractivity (Wildman–Crippen MR) is 87.3 cm³/mol. The zero-order chi connectivity index (χ0) is 14.8. The molecule has 7 heteroatoms. The Hall–Kier alpha value is -0.830. The maximum absolute atomic E-state index is 12.3. The summed E-state index contributed by atoms with van der Waals surface area (Å²) in [5.74, 6) is 0. The average Bonchev–Trinajstić information content (AvgIpc) is 2.38. The smallest absolute Gasteiger partial charge is 0.261 e. The van der Waals surface area contributed by atoms with Crippen molar-refractivity contribution in [3.05, 3.63) is 56.6 Å². The van der Waals surface area contributed by atoms with Crippen LogP contribution in [0.15, 0.2) is 47.4 Å². The molecular formula is C13H11ClINO3S. The lowest BCUT2D eigenvalue weighted by molar-refractivity contribution is 0.281. The predicted octanol–water partition coefficient (Wildman–Crippen LogP) is 3.24. The van der Waals surface area contributed by atoms with E-state index in [1.54, 1.807) is 18.2 Å². The van der Waals surface area contributed by atoms with E-state index in [0.29, 0.717) is 16.3 Å². The quantitative estimate of drug-likeness (QED) is 0.742. The second kappa shape index (κ2) is 6.30. The fraction of sp³-hybridized carbons (Fsp3) is 0.0769. The van der Waals surface area contributed by atoms with Crippen molar-refractivity contribution in [3.63, 3.8) is 0 Å². The van der Waals surface area contributed by atoms with E-state index in [0.717, 1.165) is 3.57 Å². The topological polar surface area (TPSA) is 66.4 Å². The second-order valence-corrected chi connectivity index (χ2v) is 7.36. The van der Waals surface area contributed by atoms with Gasteiger partial charge in [-0.05, 0) is 64.6 Å². The number of halogens is 2. The summed E-state index contributed by atoms with van der Waals surface area (Å²) in [5, 5.41) is 9.47. The van der Waals surface area contributed by atoms with E-state index >= 15 is 0 Å². The van der Waals surface area contributed by atoms with E-state index in [1.165, 1.54) is 18.2 Å². The molecule has 0 fully saturated rings. The van der Waals surface area contributed by atoms with Crippen molar-refractivity contribution >= 4 is 49.9 Å². The SMILES string of the molecule is O=S(=O)(Nc1cccc(I)c1)c1ccc(Cl)c(CO)c1. The fourth-order valence-electron chi connectivity index (χ4n) is 1.61. The van der Waals surface area contributed by atoms with Gasteiger partial charge < -0.3 is 5.11 Å². The lowest BCUT2D eigenvalue weighted by Crippen LogP contribution is -2.13. The molecule has 0 aliphatic rings. The molecule has 106 valence electrons. The normalized spacial score (nSPS) is 11.3. The minimum absolute atomic E-state index is 0.0600. The number of hydrogen-bond acceptors (Lipinski definition) is 3. The van der Waals surface area contributed by atoms with Gasteiger partial charge in [0.15, 0.2) is 0 Å². The molecule has 0 saturated heterocycles. The first-order valence-corrected chi connectivity index (χ1v) is 8.54. The first kappa shape index (κ1) is 15.6. The van der Waals surface area contributed by atoms with Crippen molar-refractivity contribution in [3.8, 4) is 0 Å². The molecule has 2 rings (SSSR count). The van der Waals surface area contributed by atoms with E-state index in [2.05, 4.69) is 27.3 Å². The van der Waals surface area contributed by atoms with Gasteiger partial charge in [-0.1, -0.05) is 17.7 Å². The Labute approximate surface area is 136 Å². The third-order valence-electron chi connectivity index (χ3n) is 2.57. The van der Waals surface area contributed by atoms with Gasteiger partial charge in [-0.25, -0.2) is 8.42 Å². The van der Waals surface area contributed by atoms with Gasteiger partial charge in [0.25, 0.3) is 10.0 Å². The molecule has 0 saturated carbocycles. The summed E-state index contributed by atoms with van der Waals surface area (Å²) >= 11 is 7.95. The molecule has 0 amide bonds. The number of nitrogens with one attached hydrogen (secondary N) is 1. The highest BCUT2D eigenvalue weighted by molar-refractivity contribution is 14.1. The summed E-state index contributed by atoms with van der Waals surface area (Å²) in [4.78, 5) is 0.0600. The number of benzene rings is 2. The van der Waals surface area contributed by atoms with Crippen LogP contribution in [0.5, 0.6) is 0 Å². The molecule has 0 bridgehead atoms. The molecule has 2 aromatic rings. The van der Waals surface area contributed by atoms with Gasteiger partial charge in [0.1, 0.15) is 0 Å². The van der Waals surface area contributed by atoms with Gasteiger partial charge in [0.2, 0.25) is 0 Å². The van der Waals surface area contributed by atoms with Crippen molar-refractivity contribution in [2.45, 2.75) is 11.5 Å². The van der Waals surface area contributed by atoms with Crippen LogP contribution in [0, 0.1) is 3.57 Å². The highest BCUT2D eigenvalue weighted by atomic mass is 127. The number of anilines is 1. The lowest BCUT2D eigenvalue weighted by atomic mass is 10.2. The van der Waals surface area contributed by atoms with Crippen LogP contribution in [0.1, 0.15) is 5.56 Å². The molecule has 0 radical (unpaired) electrons. The van der Waals surface area contributed by atoms with Crippen molar-refractivity contribution < 1.29 is 13.5 Å². The van der Waals surface area contributed by atoms with Crippen LogP contribution in [0.25, 0.3) is 0 Å². The molecule has 0 aromatic heterocycles. The Kier molecular flexibility index (Phi) is 4.90. The minimum Gasteiger partial charge on any atom is -0.392 e. The molecule has 0 heterocycles. The average molecular weight is 424 g/mol. The van der Waals surface area contributed by atoms with Gasteiger partial charge in [0.05, 0.1) is 11.5 Å². The van der Waals surface area contributed by atoms with Crippen LogP contribution in [-0.4, -0.2) is 13.5 Å². The Balaban J connectivity index is 2.35. The van der Waals surface area contributed by atoms with Crippen molar-refractivity contribution in [1.29, 1.82) is 0 Å². The summed E-state index contributed by atoms with van der Waals surface area (Å²) in [6.07, 6.45) is 0. The van der Waals surface area contributed by atoms with Crippen LogP contribution in [0.4, 0.5) is 5.69 Å². The lowest BCUT2D eigenvalue weighted by Gasteiger charge is -2.10. The first-order valence-electron chi connectivity index (χ1n) is 5.60. The summed E-state index contributed by atoms with van der Waals surface area (Å²) < 4.78 is 27.9. The highest BCUT2D eigenvalue weighted by Gasteiger charge is 2.16. The summed E-state index contributed by atoms with van der Waals surface area (Å²) in [6, 6.07) is 11.2. The van der Waals surface area contributed by atoms with Gasteiger partial charge in [-0.2, -0.15) is 0 Å². The monoisotopic (exact) mass is 423 g/mol. The van der Waals surface area contributed by atoms with Crippen LogP contribution in [0.3, 0.4) is 0 Å². The standard InChI is InChI=1S/C13H11ClINO3S/c14-13-5-4-12(6-9(13)8-17)20(18,19)16-11-3-1-2-10(15)7-11/h1-7,16-17H,8H2. The molecule has 2 N–H and O–H groups in total. The third kappa shape index (κ3) is 3.63. The van der Waals surface area contributed by atoms with Gasteiger partial charge in [-0.15, -0.1) is 0 Å². The first-order chi connectivity index (χ1) is 9.42. The molecule has 0 atom stereocenters. The molecule has 4 nitrogen and oxygen atoms in total. The van der Waals surface area contributed by atoms with E-state index in [9.17, 15) is 8.42 Å². The van der Waals surface area contributed by atoms with Crippen LogP contribution < -0.4 is 4.72 Å². The Bertz CT molecular complexity index is 734. The zero-order valence-corrected chi connectivity index (χ0v) is 13.9. The van der Waals surface area contributed by atoms with Crippen LogP contribution >= 0.6 is 34.2 Å². The minimum atomic E-state index is -3.70. The van der Waals surface area contributed by atoms with Gasteiger partial charge in [0, 0.05) is 14.3 Å². The Morgan fingerprint density at radius 3 is 2.60 bits per heavy atom. The molecule has 20 heavy (non-hydrogen) atoms. The van der Waals surface area contributed by atoms with E-state index < -0.39 is 10.0 Å². The van der Waals surface area contributed by atoms with E-state index in [1.807, 2.05) is 6.07 Å². The molecule has 0 spiro atoms. The van der Waals surface area contributed by atoms with Gasteiger partial charge in [-0.3, -0.25) is 4.72 Å². The number of rotatable bonds is 4. The molecular weight excluding hydrogens is 413 g/mol. The largest absolute Gasteiger partial charge is 0.392 e. The number of hydrogen-bond donors (Lipinski definition) is 2. The fourth-order valence-corrected chi connectivity index (χ4v) is 3.43. The Morgan fingerprint density at radius 2 is 1.95 bits per heavy atom. The summed E-state index contributed by atoms with van der Waals surface area (Å²) in [5.41, 5.74) is 0.856. The number of sulfonamides is 1. The van der Waals surface area contributed by atoms with Crippen molar-refractivity contribution in [2.75, 3.05) is 4.72 Å². The van der Waals surface area contributed by atoms with E-state index in [-0.39, 0.29) is 11.5 Å². The highest BCUT2D eigenvalue weighted by Crippen LogP contribution is 2.23. The third-order valence-corrected chi connectivity index (χ3v) is 4.99. The summed E-state index contributed by atoms with van der Waals surface area (Å²) in [7, 11) is -3.70. The number of aliphatic hydroxyl groups excluding tert-OH is 1. The van der Waals surface area contributed by atoms with Crippen LogP contribution in [0.2, 0.25) is 5.02 Å². The molecule has 0 aliphatic heterocycles. The maximum atomic E-state index is 12.3.